The van der Waals surface area contributed by atoms with Crippen molar-refractivity contribution in [3.05, 3.63) is 33.8 Å². The molecule has 0 aliphatic rings. The Morgan fingerprint density at radius 3 is 2.72 bits per heavy atom. The molecular weight excluding hydrogens is 298 g/mol. The summed E-state index contributed by atoms with van der Waals surface area (Å²) in [6.07, 6.45) is 3.49. The fourth-order valence-corrected chi connectivity index (χ4v) is 2.15. The van der Waals surface area contributed by atoms with Crippen LogP contribution in [0.25, 0.3) is 0 Å². The van der Waals surface area contributed by atoms with Crippen molar-refractivity contribution in [2.24, 2.45) is 14.1 Å². The third-order valence-electron chi connectivity index (χ3n) is 2.78. The maximum Gasteiger partial charge on any atom is 0.273 e. The quantitative estimate of drug-likeness (QED) is 0.925. The minimum absolute atomic E-state index is 0.203. The second-order valence-electron chi connectivity index (χ2n) is 4.06. The van der Waals surface area contributed by atoms with Gasteiger partial charge >= 0.3 is 0 Å². The second kappa shape index (κ2) is 4.93. The summed E-state index contributed by atoms with van der Waals surface area (Å²) in [7, 11) is 3.64. The van der Waals surface area contributed by atoms with E-state index in [0.29, 0.717) is 16.7 Å². The van der Waals surface area contributed by atoms with Gasteiger partial charge in [0.15, 0.2) is 5.69 Å². The van der Waals surface area contributed by atoms with E-state index >= 15 is 0 Å². The van der Waals surface area contributed by atoms with Crippen LogP contribution >= 0.6 is 15.9 Å². The number of aromatic nitrogens is 4. The number of aryl methyl sites for hydroxylation is 2. The summed E-state index contributed by atoms with van der Waals surface area (Å²) >= 11 is 3.30. The van der Waals surface area contributed by atoms with Crippen molar-refractivity contribution >= 4 is 21.8 Å². The Balaban J connectivity index is 2.05. The highest BCUT2D eigenvalue weighted by molar-refractivity contribution is 9.10. The Morgan fingerprint density at radius 2 is 2.22 bits per heavy atom. The Kier molecular flexibility index (Phi) is 3.51. The molecule has 0 aromatic carbocycles. The summed E-state index contributed by atoms with van der Waals surface area (Å²) in [5, 5.41) is 11.0. The van der Waals surface area contributed by atoms with E-state index < -0.39 is 0 Å². The lowest BCUT2D eigenvalue weighted by molar-refractivity contribution is 0.0944. The number of halogens is 1. The molecule has 0 saturated heterocycles. The van der Waals surface area contributed by atoms with E-state index in [1.54, 1.807) is 28.8 Å². The first-order valence-corrected chi connectivity index (χ1v) is 6.23. The van der Waals surface area contributed by atoms with Crippen molar-refractivity contribution in [2.75, 3.05) is 0 Å². The van der Waals surface area contributed by atoms with Crippen LogP contribution < -0.4 is 5.32 Å². The van der Waals surface area contributed by atoms with Crippen LogP contribution in [0.4, 0.5) is 0 Å². The van der Waals surface area contributed by atoms with Crippen molar-refractivity contribution in [1.29, 1.82) is 0 Å². The van der Waals surface area contributed by atoms with Gasteiger partial charge in [-0.25, -0.2) is 0 Å². The van der Waals surface area contributed by atoms with Gasteiger partial charge < -0.3 is 5.32 Å². The lowest BCUT2D eigenvalue weighted by Crippen LogP contribution is -2.24. The van der Waals surface area contributed by atoms with Gasteiger partial charge in [0, 0.05) is 38.1 Å². The summed E-state index contributed by atoms with van der Waals surface area (Å²) < 4.78 is 4.05. The zero-order valence-corrected chi connectivity index (χ0v) is 12.0. The lowest BCUT2D eigenvalue weighted by Gasteiger charge is -2.03. The molecule has 0 spiro atoms. The third kappa shape index (κ3) is 2.45. The third-order valence-corrected chi connectivity index (χ3v) is 3.36. The molecule has 2 aromatic heterocycles. The Hall–Kier alpha value is -1.63. The van der Waals surface area contributed by atoms with Gasteiger partial charge in [-0.2, -0.15) is 10.2 Å². The number of nitrogens with zero attached hydrogens (tertiary/aromatic N) is 4. The molecule has 0 saturated carbocycles. The zero-order valence-electron chi connectivity index (χ0n) is 10.4. The van der Waals surface area contributed by atoms with Crippen LogP contribution in [-0.4, -0.2) is 25.5 Å². The monoisotopic (exact) mass is 311 g/mol. The molecule has 0 bridgehead atoms. The molecule has 1 N–H and O–H groups in total. The molecule has 1 amide bonds. The minimum atomic E-state index is -0.203. The van der Waals surface area contributed by atoms with E-state index in [1.165, 1.54) is 0 Å². The Labute approximate surface area is 113 Å². The van der Waals surface area contributed by atoms with Crippen molar-refractivity contribution in [3.63, 3.8) is 0 Å². The molecule has 2 heterocycles. The molecule has 0 radical (unpaired) electrons. The maximum absolute atomic E-state index is 11.9. The molecule has 18 heavy (non-hydrogen) atoms. The highest BCUT2D eigenvalue weighted by atomic mass is 79.9. The minimum Gasteiger partial charge on any atom is -0.346 e. The summed E-state index contributed by atoms with van der Waals surface area (Å²) in [4.78, 5) is 11.9. The lowest BCUT2D eigenvalue weighted by atomic mass is 10.2. The fourth-order valence-electron chi connectivity index (χ4n) is 1.59. The summed E-state index contributed by atoms with van der Waals surface area (Å²) in [5.41, 5.74) is 2.42. The van der Waals surface area contributed by atoms with E-state index in [9.17, 15) is 4.79 Å². The average Bonchev–Trinajstić information content (AvgIpc) is 2.81. The van der Waals surface area contributed by atoms with E-state index in [2.05, 4.69) is 31.4 Å². The van der Waals surface area contributed by atoms with E-state index in [0.717, 1.165) is 11.3 Å². The van der Waals surface area contributed by atoms with E-state index in [-0.39, 0.29) is 5.91 Å². The number of hydrogen-bond donors (Lipinski definition) is 1. The van der Waals surface area contributed by atoms with Crippen LogP contribution in [-0.2, 0) is 20.6 Å². The van der Waals surface area contributed by atoms with Gasteiger partial charge in [-0.05, 0) is 22.9 Å². The van der Waals surface area contributed by atoms with Crippen LogP contribution in [0.15, 0.2) is 16.9 Å². The molecular formula is C11H14BrN5O. The summed E-state index contributed by atoms with van der Waals surface area (Å²) in [6, 6.07) is 0. The molecule has 0 fully saturated rings. The van der Waals surface area contributed by atoms with Crippen molar-refractivity contribution in [1.82, 2.24) is 24.9 Å². The molecule has 2 rings (SSSR count). The van der Waals surface area contributed by atoms with Crippen molar-refractivity contribution in [3.8, 4) is 0 Å². The average molecular weight is 312 g/mol. The molecule has 0 aliphatic heterocycles. The highest BCUT2D eigenvalue weighted by Gasteiger charge is 2.14. The molecule has 2 aromatic rings. The Bertz CT molecular complexity index is 586. The number of hydrogen-bond acceptors (Lipinski definition) is 3. The van der Waals surface area contributed by atoms with Gasteiger partial charge in [-0.1, -0.05) is 0 Å². The SMILES string of the molecule is Cc1c(CNC(=O)c2nn(C)cc2Br)cnn1C. The van der Waals surface area contributed by atoms with E-state index in [1.807, 2.05) is 14.0 Å². The van der Waals surface area contributed by atoms with Gasteiger partial charge in [0.05, 0.1) is 10.7 Å². The van der Waals surface area contributed by atoms with Gasteiger partial charge in [0.25, 0.3) is 5.91 Å². The molecule has 6 nitrogen and oxygen atoms in total. The van der Waals surface area contributed by atoms with Crippen LogP contribution in [0.5, 0.6) is 0 Å². The first kappa shape index (κ1) is 12.8. The molecule has 96 valence electrons. The van der Waals surface area contributed by atoms with Gasteiger partial charge in [0.2, 0.25) is 0 Å². The summed E-state index contributed by atoms with van der Waals surface area (Å²) in [6.45, 7) is 2.41. The first-order chi connectivity index (χ1) is 8.49. The second-order valence-corrected chi connectivity index (χ2v) is 4.92. The fraction of sp³-hybridized carbons (Fsp3) is 0.364. The van der Waals surface area contributed by atoms with Gasteiger partial charge in [0.1, 0.15) is 0 Å². The Morgan fingerprint density at radius 1 is 1.50 bits per heavy atom. The first-order valence-electron chi connectivity index (χ1n) is 5.44. The number of carbonyl (C=O) groups excluding carboxylic acids is 1. The number of nitrogens with one attached hydrogen (secondary N) is 1. The largest absolute Gasteiger partial charge is 0.346 e. The highest BCUT2D eigenvalue weighted by Crippen LogP contribution is 2.14. The van der Waals surface area contributed by atoms with Gasteiger partial charge in [-0.15, -0.1) is 0 Å². The van der Waals surface area contributed by atoms with Crippen LogP contribution in [0.1, 0.15) is 21.7 Å². The topological polar surface area (TPSA) is 64.7 Å². The zero-order chi connectivity index (χ0) is 13.3. The van der Waals surface area contributed by atoms with Crippen molar-refractivity contribution < 1.29 is 4.79 Å². The van der Waals surface area contributed by atoms with Crippen LogP contribution in [0.2, 0.25) is 0 Å². The number of amides is 1. The normalized spacial score (nSPS) is 10.7. The van der Waals surface area contributed by atoms with Crippen molar-refractivity contribution in [2.45, 2.75) is 13.5 Å². The molecule has 0 atom stereocenters. The summed E-state index contributed by atoms with van der Waals surface area (Å²) in [5.74, 6) is -0.203. The smallest absolute Gasteiger partial charge is 0.273 e. The molecule has 7 heteroatoms. The molecule has 0 aliphatic carbocycles. The number of carbonyl (C=O) groups is 1. The predicted molar refractivity (Wildman–Crippen MR) is 70.0 cm³/mol. The predicted octanol–water partition coefficient (Wildman–Crippen LogP) is 1.15. The van der Waals surface area contributed by atoms with Gasteiger partial charge in [-0.3, -0.25) is 14.2 Å². The maximum atomic E-state index is 11.9. The number of rotatable bonds is 3. The standard InChI is InChI=1S/C11H14BrN5O/c1-7-8(5-14-17(7)3)4-13-11(18)10-9(12)6-16(2)15-10/h5-6H,4H2,1-3H3,(H,13,18). The van der Waals surface area contributed by atoms with Crippen LogP contribution in [0, 0.1) is 6.92 Å². The van der Waals surface area contributed by atoms with Crippen LogP contribution in [0.3, 0.4) is 0 Å². The van der Waals surface area contributed by atoms with E-state index in [4.69, 9.17) is 0 Å². The molecule has 0 unspecified atom stereocenters.